The van der Waals surface area contributed by atoms with Crippen molar-refractivity contribution in [3.8, 4) is 0 Å². The van der Waals surface area contributed by atoms with Gasteiger partial charge in [-0.25, -0.2) is 9.37 Å². The second-order valence-electron chi connectivity index (χ2n) is 6.55. The molecule has 1 aromatic carbocycles. The zero-order chi connectivity index (χ0) is 17.6. The van der Waals surface area contributed by atoms with Gasteiger partial charge in [0.2, 0.25) is 0 Å². The molecule has 1 N–H and O–H groups in total. The van der Waals surface area contributed by atoms with Crippen LogP contribution in [0, 0.1) is 12.7 Å². The maximum Gasteiger partial charge on any atom is 0.252 e. The fourth-order valence-corrected chi connectivity index (χ4v) is 3.14. The molecule has 0 spiro atoms. The number of rotatable bonds is 4. The lowest BCUT2D eigenvalue weighted by molar-refractivity contribution is 0.0952. The van der Waals surface area contributed by atoms with Crippen LogP contribution in [0.5, 0.6) is 0 Å². The number of aryl methyl sites for hydroxylation is 2. The number of fused-ring (bicyclic) bond motifs is 1. The minimum absolute atomic E-state index is 0.146. The molecule has 0 unspecified atom stereocenters. The molecule has 0 atom stereocenters. The highest BCUT2D eigenvalue weighted by atomic mass is 19.1. The predicted molar refractivity (Wildman–Crippen MR) is 92.8 cm³/mol. The van der Waals surface area contributed by atoms with Crippen molar-refractivity contribution in [2.24, 2.45) is 7.05 Å². The number of pyridine rings is 1. The molecule has 2 heterocycles. The van der Waals surface area contributed by atoms with Gasteiger partial charge in [-0.15, -0.1) is 0 Å². The van der Waals surface area contributed by atoms with Crippen molar-refractivity contribution in [2.75, 3.05) is 0 Å². The standard InChI is InChI=1S/C19H19FN4O/c1-11-17-14(19(25)21-10-13-5-3-4-6-15(13)20)9-16(12-7-8-12)22-18(17)24(2)23-11/h3-6,9,12H,7-8,10H2,1-2H3,(H,21,25). The first-order valence-electron chi connectivity index (χ1n) is 8.40. The van der Waals surface area contributed by atoms with Crippen LogP contribution in [-0.4, -0.2) is 20.7 Å². The molecule has 6 heteroatoms. The van der Waals surface area contributed by atoms with E-state index in [0.717, 1.165) is 35.3 Å². The van der Waals surface area contributed by atoms with E-state index in [9.17, 15) is 9.18 Å². The maximum atomic E-state index is 13.8. The monoisotopic (exact) mass is 338 g/mol. The number of benzene rings is 1. The van der Waals surface area contributed by atoms with Crippen molar-refractivity contribution in [3.05, 3.63) is 58.7 Å². The molecular formula is C19H19FN4O. The molecule has 25 heavy (non-hydrogen) atoms. The van der Waals surface area contributed by atoms with Gasteiger partial charge in [0, 0.05) is 30.8 Å². The molecule has 5 nitrogen and oxygen atoms in total. The molecule has 1 aliphatic carbocycles. The van der Waals surface area contributed by atoms with Gasteiger partial charge in [0.15, 0.2) is 5.65 Å². The molecule has 4 rings (SSSR count). The minimum Gasteiger partial charge on any atom is -0.348 e. The number of hydrogen-bond acceptors (Lipinski definition) is 3. The van der Waals surface area contributed by atoms with Crippen LogP contribution in [0.4, 0.5) is 4.39 Å². The largest absolute Gasteiger partial charge is 0.348 e. The van der Waals surface area contributed by atoms with Crippen molar-refractivity contribution >= 4 is 16.9 Å². The van der Waals surface area contributed by atoms with E-state index >= 15 is 0 Å². The Labute approximate surface area is 144 Å². The molecular weight excluding hydrogens is 319 g/mol. The fourth-order valence-electron chi connectivity index (χ4n) is 3.14. The van der Waals surface area contributed by atoms with Gasteiger partial charge in [-0.3, -0.25) is 9.48 Å². The van der Waals surface area contributed by atoms with E-state index in [2.05, 4.69) is 10.4 Å². The zero-order valence-corrected chi connectivity index (χ0v) is 14.2. The Morgan fingerprint density at radius 3 is 2.84 bits per heavy atom. The lowest BCUT2D eigenvalue weighted by atomic mass is 10.1. The molecule has 2 aromatic heterocycles. The normalized spacial score (nSPS) is 14.0. The highest BCUT2D eigenvalue weighted by Crippen LogP contribution is 2.40. The van der Waals surface area contributed by atoms with Crippen LogP contribution in [-0.2, 0) is 13.6 Å². The van der Waals surface area contributed by atoms with Gasteiger partial charge in [0.25, 0.3) is 5.91 Å². The minimum atomic E-state index is -0.320. The number of carbonyl (C=O) groups is 1. The number of nitrogens with one attached hydrogen (secondary N) is 1. The summed E-state index contributed by atoms with van der Waals surface area (Å²) in [5, 5.41) is 7.99. The Hall–Kier alpha value is -2.76. The van der Waals surface area contributed by atoms with Crippen LogP contribution in [0.25, 0.3) is 11.0 Å². The maximum absolute atomic E-state index is 13.8. The number of aromatic nitrogens is 3. The smallest absolute Gasteiger partial charge is 0.252 e. The summed E-state index contributed by atoms with van der Waals surface area (Å²) in [4.78, 5) is 17.5. The highest BCUT2D eigenvalue weighted by molar-refractivity contribution is 6.06. The third kappa shape index (κ3) is 2.88. The summed E-state index contributed by atoms with van der Waals surface area (Å²) in [6, 6.07) is 8.32. The Bertz CT molecular complexity index is 975. The zero-order valence-electron chi connectivity index (χ0n) is 14.2. The lowest BCUT2D eigenvalue weighted by Crippen LogP contribution is -2.24. The third-order valence-electron chi connectivity index (χ3n) is 4.63. The van der Waals surface area contributed by atoms with Crippen LogP contribution in [0.15, 0.2) is 30.3 Å². The molecule has 0 radical (unpaired) electrons. The number of nitrogens with zero attached hydrogens (tertiary/aromatic N) is 3. The average molecular weight is 338 g/mol. The first-order valence-corrected chi connectivity index (χ1v) is 8.40. The second kappa shape index (κ2) is 5.95. The molecule has 0 aliphatic heterocycles. The molecule has 0 bridgehead atoms. The number of carbonyl (C=O) groups excluding carboxylic acids is 1. The van der Waals surface area contributed by atoms with Gasteiger partial charge in [0.05, 0.1) is 16.6 Å². The van der Waals surface area contributed by atoms with Crippen molar-refractivity contribution in [1.29, 1.82) is 0 Å². The van der Waals surface area contributed by atoms with E-state index in [1.807, 2.05) is 20.0 Å². The highest BCUT2D eigenvalue weighted by Gasteiger charge is 2.28. The third-order valence-corrected chi connectivity index (χ3v) is 4.63. The predicted octanol–water partition coefficient (Wildman–Crippen LogP) is 3.22. The number of hydrogen-bond donors (Lipinski definition) is 1. The molecule has 0 saturated heterocycles. The van der Waals surface area contributed by atoms with Crippen LogP contribution in [0.3, 0.4) is 0 Å². The molecule has 1 aliphatic rings. The van der Waals surface area contributed by atoms with Gasteiger partial charge in [-0.05, 0) is 31.9 Å². The summed E-state index contributed by atoms with van der Waals surface area (Å²) in [6.45, 7) is 2.02. The van der Waals surface area contributed by atoms with Gasteiger partial charge in [-0.1, -0.05) is 18.2 Å². The fraction of sp³-hybridized carbons (Fsp3) is 0.316. The second-order valence-corrected chi connectivity index (χ2v) is 6.55. The Morgan fingerprint density at radius 1 is 1.36 bits per heavy atom. The van der Waals surface area contributed by atoms with Gasteiger partial charge < -0.3 is 5.32 Å². The van der Waals surface area contributed by atoms with E-state index in [1.54, 1.807) is 22.9 Å². The van der Waals surface area contributed by atoms with Crippen molar-refractivity contribution in [2.45, 2.75) is 32.2 Å². The van der Waals surface area contributed by atoms with E-state index in [0.29, 0.717) is 17.0 Å². The molecule has 1 amide bonds. The molecule has 128 valence electrons. The molecule has 1 fully saturated rings. The molecule has 3 aromatic rings. The van der Waals surface area contributed by atoms with E-state index in [1.165, 1.54) is 6.07 Å². The average Bonchev–Trinajstić information content (AvgIpc) is 3.40. The Kier molecular flexibility index (Phi) is 3.75. The lowest BCUT2D eigenvalue weighted by Gasteiger charge is -2.09. The van der Waals surface area contributed by atoms with Crippen molar-refractivity contribution in [3.63, 3.8) is 0 Å². The van der Waals surface area contributed by atoms with Crippen LogP contribution in [0.2, 0.25) is 0 Å². The van der Waals surface area contributed by atoms with E-state index in [4.69, 9.17) is 4.98 Å². The summed E-state index contributed by atoms with van der Waals surface area (Å²) in [6.07, 6.45) is 2.21. The molecule has 1 saturated carbocycles. The van der Waals surface area contributed by atoms with Crippen LogP contribution >= 0.6 is 0 Å². The first-order chi connectivity index (χ1) is 12.0. The van der Waals surface area contributed by atoms with Crippen LogP contribution < -0.4 is 5.32 Å². The summed E-state index contributed by atoms with van der Waals surface area (Å²) in [5.41, 5.74) is 3.45. The summed E-state index contributed by atoms with van der Waals surface area (Å²) in [5.74, 6) is -0.120. The first kappa shape index (κ1) is 15.7. The van der Waals surface area contributed by atoms with Gasteiger partial charge in [0.1, 0.15) is 5.82 Å². The SMILES string of the molecule is Cc1nn(C)c2nc(C3CC3)cc(C(=O)NCc3ccccc3F)c12. The van der Waals surface area contributed by atoms with Crippen molar-refractivity contribution in [1.82, 2.24) is 20.1 Å². The summed E-state index contributed by atoms with van der Waals surface area (Å²) < 4.78 is 15.5. The topological polar surface area (TPSA) is 59.8 Å². The summed E-state index contributed by atoms with van der Waals surface area (Å²) in [7, 11) is 1.83. The number of amides is 1. The van der Waals surface area contributed by atoms with Crippen LogP contribution in [0.1, 0.15) is 46.1 Å². The number of halogens is 1. The van der Waals surface area contributed by atoms with Crippen molar-refractivity contribution < 1.29 is 9.18 Å². The quantitative estimate of drug-likeness (QED) is 0.794. The van der Waals surface area contributed by atoms with E-state index in [-0.39, 0.29) is 18.3 Å². The Morgan fingerprint density at radius 2 is 2.12 bits per heavy atom. The van der Waals surface area contributed by atoms with Gasteiger partial charge >= 0.3 is 0 Å². The van der Waals surface area contributed by atoms with Gasteiger partial charge in [-0.2, -0.15) is 5.10 Å². The van der Waals surface area contributed by atoms with E-state index < -0.39 is 0 Å². The summed E-state index contributed by atoms with van der Waals surface area (Å²) >= 11 is 0. The Balaban J connectivity index is 1.69.